The second-order valence-corrected chi connectivity index (χ2v) is 4.27. The summed E-state index contributed by atoms with van der Waals surface area (Å²) in [5.41, 5.74) is 2.29. The molecule has 0 aliphatic rings. The standard InChI is InChI=1S/C14H14N2O2/c1-10-3-5-12(6-4-10)14(18)9-16-8-13(7-15-16)11(2)17/h3-8H,9H2,1-2H3. The number of aryl methyl sites for hydroxylation is 1. The topological polar surface area (TPSA) is 52.0 Å². The maximum absolute atomic E-state index is 12.0. The Bertz CT molecular complexity index is 582. The molecule has 0 fully saturated rings. The van der Waals surface area contributed by atoms with Crippen LogP contribution in [0.3, 0.4) is 0 Å². The van der Waals surface area contributed by atoms with E-state index in [0.29, 0.717) is 11.1 Å². The Balaban J connectivity index is 2.11. The number of ketones is 2. The lowest BCUT2D eigenvalue weighted by Gasteiger charge is -2.01. The lowest BCUT2D eigenvalue weighted by molar-refractivity contribution is 0.0964. The second kappa shape index (κ2) is 4.96. The quantitative estimate of drug-likeness (QED) is 0.773. The van der Waals surface area contributed by atoms with Gasteiger partial charge in [0.1, 0.15) is 6.54 Å². The minimum atomic E-state index is -0.0518. The zero-order valence-corrected chi connectivity index (χ0v) is 10.4. The third kappa shape index (κ3) is 2.71. The number of aromatic nitrogens is 2. The van der Waals surface area contributed by atoms with E-state index >= 15 is 0 Å². The van der Waals surface area contributed by atoms with Gasteiger partial charge in [-0.1, -0.05) is 29.8 Å². The van der Waals surface area contributed by atoms with Crippen molar-refractivity contribution in [1.29, 1.82) is 0 Å². The van der Waals surface area contributed by atoms with Crippen molar-refractivity contribution in [2.24, 2.45) is 0 Å². The second-order valence-electron chi connectivity index (χ2n) is 4.27. The van der Waals surface area contributed by atoms with Crippen LogP contribution in [0.15, 0.2) is 36.7 Å². The minimum Gasteiger partial charge on any atom is -0.294 e. The molecule has 2 aromatic rings. The molecule has 0 saturated carbocycles. The van der Waals surface area contributed by atoms with Gasteiger partial charge < -0.3 is 0 Å². The molecule has 0 radical (unpaired) electrons. The zero-order chi connectivity index (χ0) is 13.1. The molecule has 0 spiro atoms. The Morgan fingerprint density at radius 2 is 1.83 bits per heavy atom. The number of carbonyl (C=O) groups excluding carboxylic acids is 2. The van der Waals surface area contributed by atoms with Crippen molar-refractivity contribution in [1.82, 2.24) is 9.78 Å². The van der Waals surface area contributed by atoms with Crippen molar-refractivity contribution in [2.75, 3.05) is 0 Å². The summed E-state index contributed by atoms with van der Waals surface area (Å²) < 4.78 is 1.49. The van der Waals surface area contributed by atoms with E-state index in [9.17, 15) is 9.59 Å². The fourth-order valence-electron chi connectivity index (χ4n) is 1.61. The molecule has 92 valence electrons. The molecule has 0 bridgehead atoms. The van der Waals surface area contributed by atoms with Crippen LogP contribution >= 0.6 is 0 Å². The van der Waals surface area contributed by atoms with Crippen LogP contribution in [0.5, 0.6) is 0 Å². The van der Waals surface area contributed by atoms with Crippen molar-refractivity contribution in [3.63, 3.8) is 0 Å². The van der Waals surface area contributed by atoms with Gasteiger partial charge in [0, 0.05) is 11.8 Å². The van der Waals surface area contributed by atoms with E-state index in [1.165, 1.54) is 17.8 Å². The molecule has 1 aromatic carbocycles. The molecule has 1 aromatic heterocycles. The van der Waals surface area contributed by atoms with E-state index in [4.69, 9.17) is 0 Å². The fourth-order valence-corrected chi connectivity index (χ4v) is 1.61. The van der Waals surface area contributed by atoms with Crippen molar-refractivity contribution < 1.29 is 9.59 Å². The van der Waals surface area contributed by atoms with E-state index in [1.54, 1.807) is 18.3 Å². The number of benzene rings is 1. The van der Waals surface area contributed by atoms with Gasteiger partial charge in [0.15, 0.2) is 11.6 Å². The molecule has 0 unspecified atom stereocenters. The van der Waals surface area contributed by atoms with E-state index in [1.807, 2.05) is 19.1 Å². The normalized spacial score (nSPS) is 10.3. The number of hydrogen-bond donors (Lipinski definition) is 0. The van der Waals surface area contributed by atoms with Gasteiger partial charge in [0.05, 0.1) is 11.8 Å². The molecular weight excluding hydrogens is 228 g/mol. The summed E-state index contributed by atoms with van der Waals surface area (Å²) in [5, 5.41) is 4.00. The van der Waals surface area contributed by atoms with E-state index in [2.05, 4.69) is 5.10 Å². The predicted octanol–water partition coefficient (Wildman–Crippen LogP) is 2.28. The predicted molar refractivity (Wildman–Crippen MR) is 67.7 cm³/mol. The summed E-state index contributed by atoms with van der Waals surface area (Å²) in [6.07, 6.45) is 3.07. The Labute approximate surface area is 105 Å². The first-order valence-electron chi connectivity index (χ1n) is 5.69. The van der Waals surface area contributed by atoms with Crippen molar-refractivity contribution in [3.05, 3.63) is 53.3 Å². The molecule has 4 heteroatoms. The first kappa shape index (κ1) is 12.2. The minimum absolute atomic E-state index is 0.0202. The molecule has 0 aliphatic carbocycles. The third-order valence-corrected chi connectivity index (χ3v) is 2.72. The molecule has 18 heavy (non-hydrogen) atoms. The van der Waals surface area contributed by atoms with Crippen molar-refractivity contribution in [3.8, 4) is 0 Å². The van der Waals surface area contributed by atoms with Gasteiger partial charge in [0.2, 0.25) is 0 Å². The fraction of sp³-hybridized carbons (Fsp3) is 0.214. The van der Waals surface area contributed by atoms with Gasteiger partial charge in [0.25, 0.3) is 0 Å². The van der Waals surface area contributed by atoms with Crippen LogP contribution in [0, 0.1) is 6.92 Å². The van der Waals surface area contributed by atoms with Gasteiger partial charge in [-0.2, -0.15) is 5.10 Å². The van der Waals surface area contributed by atoms with Crippen LogP contribution in [-0.2, 0) is 6.54 Å². The maximum Gasteiger partial charge on any atom is 0.184 e. The summed E-state index contributed by atoms with van der Waals surface area (Å²) in [7, 11) is 0. The Morgan fingerprint density at radius 3 is 2.39 bits per heavy atom. The maximum atomic E-state index is 12.0. The molecule has 0 N–H and O–H groups in total. The number of nitrogens with zero attached hydrogens (tertiary/aromatic N) is 2. The summed E-state index contributed by atoms with van der Waals surface area (Å²) in [6, 6.07) is 7.40. The van der Waals surface area contributed by atoms with E-state index < -0.39 is 0 Å². The van der Waals surface area contributed by atoms with E-state index in [0.717, 1.165) is 5.56 Å². The van der Waals surface area contributed by atoms with Crippen LogP contribution < -0.4 is 0 Å². The number of rotatable bonds is 4. The summed E-state index contributed by atoms with van der Waals surface area (Å²) in [6.45, 7) is 3.60. The number of Topliss-reactive ketones (excluding diaryl/α,β-unsaturated/α-hetero) is 2. The summed E-state index contributed by atoms with van der Waals surface area (Å²) in [4.78, 5) is 23.1. The van der Waals surface area contributed by atoms with Gasteiger partial charge in [-0.25, -0.2) is 0 Å². The van der Waals surface area contributed by atoms with E-state index in [-0.39, 0.29) is 18.1 Å². The van der Waals surface area contributed by atoms with Crippen LogP contribution in [0.25, 0.3) is 0 Å². The number of carbonyl (C=O) groups is 2. The lowest BCUT2D eigenvalue weighted by atomic mass is 10.1. The first-order chi connectivity index (χ1) is 8.56. The van der Waals surface area contributed by atoms with Crippen molar-refractivity contribution in [2.45, 2.75) is 20.4 Å². The highest BCUT2D eigenvalue weighted by molar-refractivity contribution is 5.96. The third-order valence-electron chi connectivity index (χ3n) is 2.72. The zero-order valence-electron chi connectivity index (χ0n) is 10.4. The average molecular weight is 242 g/mol. The van der Waals surface area contributed by atoms with Crippen molar-refractivity contribution >= 4 is 11.6 Å². The lowest BCUT2D eigenvalue weighted by Crippen LogP contribution is -2.10. The highest BCUT2D eigenvalue weighted by Crippen LogP contribution is 2.06. The SMILES string of the molecule is CC(=O)c1cnn(CC(=O)c2ccc(C)cc2)c1. The van der Waals surface area contributed by atoms with Gasteiger partial charge in [-0.3, -0.25) is 14.3 Å². The smallest absolute Gasteiger partial charge is 0.184 e. The first-order valence-corrected chi connectivity index (χ1v) is 5.69. The Morgan fingerprint density at radius 1 is 1.17 bits per heavy atom. The molecule has 0 amide bonds. The molecule has 4 nitrogen and oxygen atoms in total. The van der Waals surface area contributed by atoms with Gasteiger partial charge in [-0.15, -0.1) is 0 Å². The van der Waals surface area contributed by atoms with Gasteiger partial charge >= 0.3 is 0 Å². The monoisotopic (exact) mass is 242 g/mol. The largest absolute Gasteiger partial charge is 0.294 e. The van der Waals surface area contributed by atoms with Crippen LogP contribution in [-0.4, -0.2) is 21.3 Å². The Kier molecular flexibility index (Phi) is 3.37. The Hall–Kier alpha value is -2.23. The molecule has 0 aliphatic heterocycles. The molecule has 0 atom stereocenters. The summed E-state index contributed by atoms with van der Waals surface area (Å²) in [5.74, 6) is -0.0720. The summed E-state index contributed by atoms with van der Waals surface area (Å²) >= 11 is 0. The average Bonchev–Trinajstić information content (AvgIpc) is 2.78. The molecular formula is C14H14N2O2. The highest BCUT2D eigenvalue weighted by atomic mass is 16.1. The number of hydrogen-bond acceptors (Lipinski definition) is 3. The van der Waals surface area contributed by atoms with Gasteiger partial charge in [-0.05, 0) is 13.8 Å². The van der Waals surface area contributed by atoms with Crippen LogP contribution in [0.4, 0.5) is 0 Å². The molecule has 0 saturated heterocycles. The van der Waals surface area contributed by atoms with Crippen LogP contribution in [0.1, 0.15) is 33.2 Å². The van der Waals surface area contributed by atoms with Crippen LogP contribution in [0.2, 0.25) is 0 Å². The highest BCUT2D eigenvalue weighted by Gasteiger charge is 2.09. The molecule has 2 rings (SSSR count). The molecule has 1 heterocycles.